The van der Waals surface area contributed by atoms with Crippen LogP contribution in [0.3, 0.4) is 0 Å². The van der Waals surface area contributed by atoms with E-state index in [-0.39, 0.29) is 5.91 Å². The van der Waals surface area contributed by atoms with Crippen molar-refractivity contribution in [1.29, 1.82) is 0 Å². The molecule has 120 valence electrons. The predicted octanol–water partition coefficient (Wildman–Crippen LogP) is 2.12. The first kappa shape index (κ1) is 15.3. The van der Waals surface area contributed by atoms with Gasteiger partial charge in [-0.25, -0.2) is 0 Å². The second-order valence-electron chi connectivity index (χ2n) is 7.34. The molecule has 3 fully saturated rings. The molecule has 0 spiro atoms. The minimum absolute atomic E-state index is 0.235. The second kappa shape index (κ2) is 6.66. The number of amides is 1. The van der Waals surface area contributed by atoms with Crippen LogP contribution in [0.5, 0.6) is 0 Å². The highest BCUT2D eigenvalue weighted by atomic mass is 16.2. The number of nitrogens with two attached hydrogens (primary N) is 1. The average Bonchev–Trinajstić information content (AvgIpc) is 2.56. The van der Waals surface area contributed by atoms with Crippen LogP contribution in [-0.4, -0.2) is 53.5 Å². The summed E-state index contributed by atoms with van der Waals surface area (Å²) in [6, 6.07) is 0.703. The number of carbonyl (C=O) groups excluding carboxylic acids is 1. The first-order valence-corrected chi connectivity index (χ1v) is 9.01. The van der Waals surface area contributed by atoms with Crippen LogP contribution in [0.2, 0.25) is 0 Å². The number of nitrogens with zero attached hydrogens (tertiary/aromatic N) is 2. The van der Waals surface area contributed by atoms with Crippen LogP contribution in [0.25, 0.3) is 0 Å². The molecule has 0 aromatic heterocycles. The Morgan fingerprint density at radius 2 is 1.43 bits per heavy atom. The summed E-state index contributed by atoms with van der Waals surface area (Å²) in [4.78, 5) is 17.5. The molecular weight excluding hydrogens is 262 g/mol. The van der Waals surface area contributed by atoms with E-state index >= 15 is 0 Å². The lowest BCUT2D eigenvalue weighted by molar-refractivity contribution is -0.140. The highest BCUT2D eigenvalue weighted by Crippen LogP contribution is 2.29. The van der Waals surface area contributed by atoms with Gasteiger partial charge in [-0.05, 0) is 51.6 Å². The summed E-state index contributed by atoms with van der Waals surface area (Å²) in [6.07, 6.45) is 11.6. The molecule has 0 unspecified atom stereocenters. The standard InChI is InChI=1S/C17H31N3O/c18-17(9-3-1-4-10-17)16(21)20-13-7-15(8-14-20)19-11-5-2-6-12-19/h15H,1-14,18H2. The summed E-state index contributed by atoms with van der Waals surface area (Å²) < 4.78 is 0. The molecule has 2 saturated heterocycles. The van der Waals surface area contributed by atoms with E-state index in [2.05, 4.69) is 9.80 Å². The molecule has 2 heterocycles. The van der Waals surface area contributed by atoms with Crippen molar-refractivity contribution < 1.29 is 4.79 Å². The molecule has 0 atom stereocenters. The van der Waals surface area contributed by atoms with Gasteiger partial charge in [0.1, 0.15) is 0 Å². The highest BCUT2D eigenvalue weighted by Gasteiger charge is 2.39. The maximum Gasteiger partial charge on any atom is 0.242 e. The fourth-order valence-corrected chi connectivity index (χ4v) is 4.43. The smallest absolute Gasteiger partial charge is 0.242 e. The van der Waals surface area contributed by atoms with Gasteiger partial charge in [0.2, 0.25) is 5.91 Å². The van der Waals surface area contributed by atoms with Crippen molar-refractivity contribution in [2.24, 2.45) is 5.73 Å². The molecule has 3 rings (SSSR count). The maximum absolute atomic E-state index is 12.7. The molecule has 0 aromatic rings. The minimum Gasteiger partial charge on any atom is -0.341 e. The molecule has 0 radical (unpaired) electrons. The van der Waals surface area contributed by atoms with Crippen molar-refractivity contribution in [1.82, 2.24) is 9.80 Å². The normalized spacial score (nSPS) is 28.5. The summed E-state index contributed by atoms with van der Waals surface area (Å²) >= 11 is 0. The van der Waals surface area contributed by atoms with Gasteiger partial charge in [0, 0.05) is 19.1 Å². The summed E-state index contributed by atoms with van der Waals surface area (Å²) in [5, 5.41) is 0. The van der Waals surface area contributed by atoms with Crippen molar-refractivity contribution in [3.8, 4) is 0 Å². The predicted molar refractivity (Wildman–Crippen MR) is 85.0 cm³/mol. The first-order valence-electron chi connectivity index (χ1n) is 9.01. The molecule has 2 aliphatic heterocycles. The lowest BCUT2D eigenvalue weighted by Gasteiger charge is -2.43. The Morgan fingerprint density at radius 1 is 0.857 bits per heavy atom. The zero-order valence-corrected chi connectivity index (χ0v) is 13.4. The van der Waals surface area contributed by atoms with E-state index in [4.69, 9.17) is 5.73 Å². The van der Waals surface area contributed by atoms with Gasteiger partial charge in [-0.3, -0.25) is 4.79 Å². The van der Waals surface area contributed by atoms with Gasteiger partial charge in [-0.15, -0.1) is 0 Å². The summed E-state index contributed by atoms with van der Waals surface area (Å²) in [5.41, 5.74) is 5.86. The topological polar surface area (TPSA) is 49.6 Å². The molecular formula is C17H31N3O. The van der Waals surface area contributed by atoms with Gasteiger partial charge >= 0.3 is 0 Å². The van der Waals surface area contributed by atoms with E-state index in [1.807, 2.05) is 0 Å². The number of carbonyl (C=O) groups is 1. The Hall–Kier alpha value is -0.610. The third-order valence-electron chi connectivity index (χ3n) is 5.83. The van der Waals surface area contributed by atoms with Crippen molar-refractivity contribution in [3.05, 3.63) is 0 Å². The van der Waals surface area contributed by atoms with Crippen molar-refractivity contribution in [2.45, 2.75) is 75.8 Å². The number of hydrogen-bond acceptors (Lipinski definition) is 3. The number of piperidine rings is 2. The Morgan fingerprint density at radius 3 is 2.05 bits per heavy atom. The van der Waals surface area contributed by atoms with Gasteiger partial charge in [0.25, 0.3) is 0 Å². The third kappa shape index (κ3) is 3.42. The average molecular weight is 293 g/mol. The van der Waals surface area contributed by atoms with E-state index < -0.39 is 5.54 Å². The van der Waals surface area contributed by atoms with E-state index in [1.165, 1.54) is 38.8 Å². The lowest BCUT2D eigenvalue weighted by atomic mass is 9.81. The Balaban J connectivity index is 1.51. The van der Waals surface area contributed by atoms with Crippen molar-refractivity contribution in [3.63, 3.8) is 0 Å². The fraction of sp³-hybridized carbons (Fsp3) is 0.941. The molecule has 2 N–H and O–H groups in total. The van der Waals surface area contributed by atoms with Gasteiger partial charge in [-0.2, -0.15) is 0 Å². The number of likely N-dealkylation sites (tertiary alicyclic amines) is 2. The van der Waals surface area contributed by atoms with Crippen LogP contribution in [-0.2, 0) is 4.79 Å². The molecule has 1 aliphatic carbocycles. The molecule has 0 bridgehead atoms. The van der Waals surface area contributed by atoms with Gasteiger partial charge in [0.15, 0.2) is 0 Å². The monoisotopic (exact) mass is 293 g/mol. The van der Waals surface area contributed by atoms with Crippen LogP contribution in [0.15, 0.2) is 0 Å². The maximum atomic E-state index is 12.7. The molecule has 3 aliphatic rings. The van der Waals surface area contributed by atoms with Crippen LogP contribution in [0, 0.1) is 0 Å². The Labute approximate surface area is 129 Å². The van der Waals surface area contributed by atoms with Crippen molar-refractivity contribution in [2.75, 3.05) is 26.2 Å². The molecule has 1 amide bonds. The minimum atomic E-state index is -0.545. The van der Waals surface area contributed by atoms with Crippen LogP contribution in [0.1, 0.15) is 64.2 Å². The largest absolute Gasteiger partial charge is 0.341 e. The third-order valence-corrected chi connectivity index (χ3v) is 5.83. The van der Waals surface area contributed by atoms with E-state index in [9.17, 15) is 4.79 Å². The lowest BCUT2D eigenvalue weighted by Crippen LogP contribution is -2.59. The Bertz CT molecular complexity index is 351. The molecule has 1 saturated carbocycles. The quantitative estimate of drug-likeness (QED) is 0.848. The summed E-state index contributed by atoms with van der Waals surface area (Å²) in [7, 11) is 0. The molecule has 21 heavy (non-hydrogen) atoms. The van der Waals surface area contributed by atoms with Crippen LogP contribution in [0.4, 0.5) is 0 Å². The SMILES string of the molecule is NC1(C(=O)N2CCC(N3CCCCC3)CC2)CCCCC1. The van der Waals surface area contributed by atoms with Crippen molar-refractivity contribution >= 4 is 5.91 Å². The first-order chi connectivity index (χ1) is 10.2. The van der Waals surface area contributed by atoms with E-state index in [1.54, 1.807) is 0 Å². The van der Waals surface area contributed by atoms with Gasteiger partial charge in [-0.1, -0.05) is 25.7 Å². The zero-order valence-electron chi connectivity index (χ0n) is 13.4. The number of rotatable bonds is 2. The molecule has 0 aromatic carbocycles. The highest BCUT2D eigenvalue weighted by molar-refractivity contribution is 5.86. The van der Waals surface area contributed by atoms with Crippen LogP contribution < -0.4 is 5.73 Å². The zero-order chi connectivity index (χ0) is 14.7. The Kier molecular flexibility index (Phi) is 4.85. The van der Waals surface area contributed by atoms with E-state index in [0.717, 1.165) is 51.6 Å². The molecule has 4 nitrogen and oxygen atoms in total. The summed E-state index contributed by atoms with van der Waals surface area (Å²) in [5.74, 6) is 0.235. The van der Waals surface area contributed by atoms with Gasteiger partial charge in [0.05, 0.1) is 5.54 Å². The number of hydrogen-bond donors (Lipinski definition) is 1. The summed E-state index contributed by atoms with van der Waals surface area (Å²) in [6.45, 7) is 4.36. The van der Waals surface area contributed by atoms with Crippen LogP contribution >= 0.6 is 0 Å². The molecule has 4 heteroatoms. The van der Waals surface area contributed by atoms with Gasteiger partial charge < -0.3 is 15.5 Å². The second-order valence-corrected chi connectivity index (χ2v) is 7.34. The fourth-order valence-electron chi connectivity index (χ4n) is 4.43. The van der Waals surface area contributed by atoms with E-state index in [0.29, 0.717) is 6.04 Å².